The number of benzene rings is 2. The maximum absolute atomic E-state index is 15.1. The molecule has 1 aromatic heterocycles. The van der Waals surface area contributed by atoms with Crippen LogP contribution in [0.15, 0.2) is 48.7 Å². The average molecular weight is 475 g/mol. The molecule has 35 heavy (non-hydrogen) atoms. The second-order valence-corrected chi connectivity index (χ2v) is 9.01. The number of carbonyl (C=O) groups excluding carboxylic acids is 2. The third-order valence-electron chi connectivity index (χ3n) is 6.92. The highest BCUT2D eigenvalue weighted by Gasteiger charge is 2.51. The molecule has 1 aliphatic heterocycles. The number of imide groups is 1. The maximum Gasteiger partial charge on any atom is 0.332 e. The van der Waals surface area contributed by atoms with Gasteiger partial charge in [-0.3, -0.25) is 9.89 Å². The minimum atomic E-state index is -1.02. The molecule has 2 heterocycles. The fourth-order valence-electron chi connectivity index (χ4n) is 5.09. The predicted octanol–water partition coefficient (Wildman–Crippen LogP) is 4.89. The number of urea groups is 1. The first-order valence-electron chi connectivity index (χ1n) is 11.6. The Kier molecular flexibility index (Phi) is 5.85. The number of nitrogens with one attached hydrogen (secondary N) is 1. The van der Waals surface area contributed by atoms with Crippen LogP contribution in [-0.4, -0.2) is 34.1 Å². The van der Waals surface area contributed by atoms with E-state index < -0.39 is 34.8 Å². The molecule has 1 atom stereocenters. The second kappa shape index (κ2) is 8.99. The van der Waals surface area contributed by atoms with Crippen molar-refractivity contribution in [3.63, 3.8) is 0 Å². The highest BCUT2D eigenvalue weighted by Crippen LogP contribution is 2.44. The third kappa shape index (κ3) is 3.97. The summed E-state index contributed by atoms with van der Waals surface area (Å²) in [6.07, 6.45) is 5.68. The van der Waals surface area contributed by atoms with Crippen LogP contribution in [-0.2, 0) is 16.8 Å². The number of fused-ring (bicyclic) bond motifs is 2. The number of rotatable bonds is 1. The van der Waals surface area contributed by atoms with E-state index in [0.717, 1.165) is 49.1 Å². The Balaban J connectivity index is 1.50. The molecule has 178 valence electrons. The van der Waals surface area contributed by atoms with Crippen LogP contribution in [0, 0.1) is 23.5 Å². The van der Waals surface area contributed by atoms with E-state index in [1.54, 1.807) is 25.4 Å². The molecule has 1 spiro atoms. The number of H-pyrrole nitrogens is 1. The largest absolute Gasteiger partial charge is 0.332 e. The van der Waals surface area contributed by atoms with Gasteiger partial charge < -0.3 is 4.90 Å². The van der Waals surface area contributed by atoms with E-state index in [4.69, 9.17) is 0 Å². The SMILES string of the molecule is CN1C(=O)N(c2c(F)cc(C#Cc3ccccc3)cc2F)C(=O)C[C@]12CCCCCc1[nH]ncc12. The Morgan fingerprint density at radius 3 is 2.46 bits per heavy atom. The normalized spacial score (nSPS) is 20.2. The molecular formula is C27H24F2N4O2. The van der Waals surface area contributed by atoms with Crippen molar-refractivity contribution in [3.05, 3.63) is 82.7 Å². The molecule has 6 nitrogen and oxygen atoms in total. The standard InChI is InChI=1S/C27H24F2N4O2/c1-32-26(35)33(24(34)16-27(32)13-7-3-6-10-23-20(27)17-30-31-23)25-21(28)14-19(15-22(25)29)12-11-18-8-4-2-5-9-18/h2,4-5,8-9,14-15,17H,3,6-7,10,13,16H2,1H3,(H,30,31)/t27-/m0/s1. The van der Waals surface area contributed by atoms with Crippen molar-refractivity contribution in [2.24, 2.45) is 0 Å². The van der Waals surface area contributed by atoms with Gasteiger partial charge in [-0.2, -0.15) is 5.10 Å². The van der Waals surface area contributed by atoms with Gasteiger partial charge in [-0.15, -0.1) is 0 Å². The minimum absolute atomic E-state index is 0.0871. The molecule has 0 saturated carbocycles. The van der Waals surface area contributed by atoms with Crippen molar-refractivity contribution in [3.8, 4) is 11.8 Å². The van der Waals surface area contributed by atoms with E-state index in [0.29, 0.717) is 16.9 Å². The first-order chi connectivity index (χ1) is 16.9. The van der Waals surface area contributed by atoms with Crippen LogP contribution < -0.4 is 4.90 Å². The highest BCUT2D eigenvalue weighted by molar-refractivity contribution is 6.16. The molecule has 3 aromatic rings. The number of nitrogens with zero attached hydrogens (tertiary/aromatic N) is 3. The molecule has 0 unspecified atom stereocenters. The number of anilines is 1. The molecule has 1 N–H and O–H groups in total. The molecule has 2 aromatic carbocycles. The molecule has 1 aliphatic carbocycles. The third-order valence-corrected chi connectivity index (χ3v) is 6.92. The Morgan fingerprint density at radius 2 is 1.71 bits per heavy atom. The lowest BCUT2D eigenvalue weighted by Crippen LogP contribution is -2.61. The van der Waals surface area contributed by atoms with Gasteiger partial charge in [-0.05, 0) is 43.5 Å². The van der Waals surface area contributed by atoms with E-state index in [9.17, 15) is 9.59 Å². The van der Waals surface area contributed by atoms with Crippen molar-refractivity contribution in [1.29, 1.82) is 0 Å². The molecule has 5 rings (SSSR count). The van der Waals surface area contributed by atoms with Gasteiger partial charge in [0.25, 0.3) is 0 Å². The van der Waals surface area contributed by atoms with Crippen molar-refractivity contribution in [1.82, 2.24) is 15.1 Å². The van der Waals surface area contributed by atoms with Crippen LogP contribution in [0.25, 0.3) is 0 Å². The zero-order chi connectivity index (χ0) is 24.6. The Hall–Kier alpha value is -3.99. The molecule has 0 bridgehead atoms. The van der Waals surface area contributed by atoms with Crippen molar-refractivity contribution in [2.45, 2.75) is 44.1 Å². The number of aryl methyl sites for hydroxylation is 1. The number of hydrogen-bond donors (Lipinski definition) is 1. The lowest BCUT2D eigenvalue weighted by Gasteiger charge is -2.48. The van der Waals surface area contributed by atoms with Gasteiger partial charge in [-0.25, -0.2) is 18.5 Å². The summed E-state index contributed by atoms with van der Waals surface area (Å²) in [7, 11) is 1.58. The Labute approximate surface area is 201 Å². The van der Waals surface area contributed by atoms with Crippen LogP contribution in [0.3, 0.4) is 0 Å². The van der Waals surface area contributed by atoms with E-state index in [1.807, 2.05) is 18.2 Å². The van der Waals surface area contributed by atoms with E-state index >= 15 is 8.78 Å². The molecule has 1 saturated heterocycles. The number of carbonyl (C=O) groups is 2. The van der Waals surface area contributed by atoms with E-state index in [1.165, 1.54) is 4.90 Å². The molecule has 3 amide bonds. The van der Waals surface area contributed by atoms with Gasteiger partial charge in [0.05, 0.1) is 18.2 Å². The lowest BCUT2D eigenvalue weighted by atomic mass is 9.77. The zero-order valence-electron chi connectivity index (χ0n) is 19.3. The minimum Gasteiger partial charge on any atom is -0.317 e. The van der Waals surface area contributed by atoms with E-state index in [-0.39, 0.29) is 12.0 Å². The summed E-state index contributed by atoms with van der Waals surface area (Å²) in [5.41, 5.74) is 0.922. The van der Waals surface area contributed by atoms with Gasteiger partial charge in [0, 0.05) is 29.4 Å². The summed E-state index contributed by atoms with van der Waals surface area (Å²) in [5.74, 6) is 2.89. The van der Waals surface area contributed by atoms with Crippen LogP contribution in [0.5, 0.6) is 0 Å². The lowest BCUT2D eigenvalue weighted by molar-refractivity contribution is -0.122. The fourth-order valence-corrected chi connectivity index (χ4v) is 5.09. The van der Waals surface area contributed by atoms with Gasteiger partial charge >= 0.3 is 6.03 Å². The van der Waals surface area contributed by atoms with Crippen molar-refractivity contribution < 1.29 is 18.4 Å². The smallest absolute Gasteiger partial charge is 0.317 e. The number of halogens is 2. The highest BCUT2D eigenvalue weighted by atomic mass is 19.1. The van der Waals surface area contributed by atoms with Gasteiger partial charge in [0.1, 0.15) is 5.69 Å². The summed E-state index contributed by atoms with van der Waals surface area (Å²) in [6.45, 7) is 0. The molecular weight excluding hydrogens is 450 g/mol. The second-order valence-electron chi connectivity index (χ2n) is 9.01. The molecule has 0 radical (unpaired) electrons. The first kappa shape index (κ1) is 22.8. The predicted molar refractivity (Wildman–Crippen MR) is 126 cm³/mol. The topological polar surface area (TPSA) is 69.3 Å². The van der Waals surface area contributed by atoms with Gasteiger partial charge in [0.15, 0.2) is 11.6 Å². The van der Waals surface area contributed by atoms with Gasteiger partial charge in [0.2, 0.25) is 5.91 Å². The van der Waals surface area contributed by atoms with Crippen LogP contribution in [0.2, 0.25) is 0 Å². The van der Waals surface area contributed by atoms with Crippen LogP contribution in [0.1, 0.15) is 54.5 Å². The average Bonchev–Trinajstić information content (AvgIpc) is 3.30. The summed E-state index contributed by atoms with van der Waals surface area (Å²) in [5, 5.41) is 7.15. The first-order valence-corrected chi connectivity index (χ1v) is 11.6. The Morgan fingerprint density at radius 1 is 1.00 bits per heavy atom. The number of aromatic amines is 1. The van der Waals surface area contributed by atoms with Crippen LogP contribution >= 0.6 is 0 Å². The zero-order valence-corrected chi connectivity index (χ0v) is 19.3. The van der Waals surface area contributed by atoms with Crippen molar-refractivity contribution >= 4 is 17.6 Å². The molecule has 2 aliphatic rings. The van der Waals surface area contributed by atoms with E-state index in [2.05, 4.69) is 22.0 Å². The molecule has 1 fully saturated rings. The van der Waals surface area contributed by atoms with Crippen LogP contribution in [0.4, 0.5) is 19.3 Å². The quantitative estimate of drug-likeness (QED) is 0.511. The fraction of sp³-hybridized carbons (Fsp3) is 0.296. The van der Waals surface area contributed by atoms with Gasteiger partial charge in [-0.1, -0.05) is 42.9 Å². The number of hydrogen-bond acceptors (Lipinski definition) is 3. The summed E-state index contributed by atoms with van der Waals surface area (Å²) < 4.78 is 30.3. The monoisotopic (exact) mass is 474 g/mol. The number of aromatic nitrogens is 2. The molecule has 8 heteroatoms. The maximum atomic E-state index is 15.1. The summed E-state index contributed by atoms with van der Waals surface area (Å²) in [4.78, 5) is 28.9. The van der Waals surface area contributed by atoms with Crippen molar-refractivity contribution in [2.75, 3.05) is 11.9 Å². The Bertz CT molecular complexity index is 1340. The summed E-state index contributed by atoms with van der Waals surface area (Å²) in [6, 6.07) is 10.4. The summed E-state index contributed by atoms with van der Waals surface area (Å²) >= 11 is 0. The number of amides is 3.